The number of hydrogen-bond donors (Lipinski definition) is 0. The maximum Gasteiger partial charge on any atom is 0.0316 e. The lowest BCUT2D eigenvalue weighted by atomic mass is 9.52. The van der Waals surface area contributed by atoms with Gasteiger partial charge in [0.2, 0.25) is 0 Å². The Kier molecular flexibility index (Phi) is 4.89. The van der Waals surface area contributed by atoms with E-state index in [0.29, 0.717) is 4.75 Å². The van der Waals surface area contributed by atoms with Crippen LogP contribution in [-0.2, 0) is 0 Å². The Hall–Kier alpha value is 2.17. The molecule has 98 valence electrons. The van der Waals surface area contributed by atoms with Crippen LogP contribution < -0.4 is 0 Å². The van der Waals surface area contributed by atoms with E-state index < -0.39 is 0 Å². The molecule has 0 aromatic heterocycles. The molecule has 0 aromatic rings. The van der Waals surface area contributed by atoms with Gasteiger partial charge in [-0.3, -0.25) is 0 Å². The molecule has 17 heavy (non-hydrogen) atoms. The average Bonchev–Trinajstić information content (AvgIpc) is 2.28. The van der Waals surface area contributed by atoms with Gasteiger partial charge in [0.1, 0.15) is 0 Å². The molecule has 0 aromatic carbocycles. The Morgan fingerprint density at radius 1 is 1.12 bits per heavy atom. The second-order valence-corrected chi connectivity index (χ2v) is 13.0. The van der Waals surface area contributed by atoms with Crippen molar-refractivity contribution in [3.8, 4) is 0 Å². The van der Waals surface area contributed by atoms with Crippen LogP contribution in [0.2, 0.25) is 0 Å². The lowest BCUT2D eigenvalue weighted by Crippen LogP contribution is -2.55. The van der Waals surface area contributed by atoms with Gasteiger partial charge in [0.25, 0.3) is 0 Å². The van der Waals surface area contributed by atoms with Crippen molar-refractivity contribution in [1.82, 2.24) is 0 Å². The first-order valence-electron chi connectivity index (χ1n) is 6.13. The molecule has 4 saturated carbocycles. The van der Waals surface area contributed by atoms with Crippen LogP contribution in [0, 0.1) is 23.7 Å². The topological polar surface area (TPSA) is 0 Å². The van der Waals surface area contributed by atoms with Gasteiger partial charge in [0.15, 0.2) is 0 Å². The van der Waals surface area contributed by atoms with Crippen molar-refractivity contribution in [3.05, 3.63) is 0 Å². The molecule has 4 aliphatic rings. The molecule has 4 aliphatic carbocycles. The van der Waals surface area contributed by atoms with Gasteiger partial charge >= 0.3 is 0 Å². The molecule has 4 rings (SSSR count). The van der Waals surface area contributed by atoms with Gasteiger partial charge in [0, 0.05) is 29.9 Å². The van der Waals surface area contributed by atoms with Gasteiger partial charge in [-0.05, 0) is 76.3 Å². The number of hydrogen-bond acceptors (Lipinski definition) is 4. The first-order chi connectivity index (χ1) is 8.27. The largest absolute Gasteiger partial charge is 0.0924 e. The van der Waals surface area contributed by atoms with Crippen molar-refractivity contribution < 1.29 is 0 Å². The summed E-state index contributed by atoms with van der Waals surface area (Å²) >= 11 is 3.78. The SMILES string of the molecule is ClSSSSC12CC3CC(CC(C3)C1CBr)C2. The molecule has 0 spiro atoms. The van der Waals surface area contributed by atoms with E-state index in [1.807, 2.05) is 9.83 Å². The van der Waals surface area contributed by atoms with Crippen molar-refractivity contribution in [3.63, 3.8) is 0 Å². The second-order valence-electron chi connectivity index (χ2n) is 5.72. The van der Waals surface area contributed by atoms with E-state index in [9.17, 15) is 0 Å². The van der Waals surface area contributed by atoms with E-state index in [-0.39, 0.29) is 0 Å². The third-order valence-electron chi connectivity index (χ3n) is 4.87. The normalized spacial score (nSPS) is 47.6. The third-order valence-corrected chi connectivity index (χ3v) is 12.7. The fourth-order valence-electron chi connectivity index (χ4n) is 4.56. The van der Waals surface area contributed by atoms with Crippen molar-refractivity contribution in [2.75, 3.05) is 5.33 Å². The molecule has 0 aliphatic heterocycles. The van der Waals surface area contributed by atoms with Gasteiger partial charge in [-0.15, -0.1) is 0 Å². The van der Waals surface area contributed by atoms with Gasteiger partial charge in [-0.25, -0.2) is 0 Å². The van der Waals surface area contributed by atoms with Crippen LogP contribution in [0.3, 0.4) is 0 Å². The predicted octanol–water partition coefficient (Wildman–Crippen LogP) is 6.41. The molecule has 0 amide bonds. The highest BCUT2D eigenvalue weighted by Crippen LogP contribution is 2.67. The maximum absolute atomic E-state index is 5.69. The zero-order valence-corrected chi connectivity index (χ0v) is 15.0. The van der Waals surface area contributed by atoms with Crippen molar-refractivity contribution in [1.29, 1.82) is 0 Å². The minimum atomic E-state index is 0.558. The number of halogens is 2. The van der Waals surface area contributed by atoms with Gasteiger partial charge in [-0.2, -0.15) is 0 Å². The van der Waals surface area contributed by atoms with E-state index in [4.69, 9.17) is 10.7 Å². The van der Waals surface area contributed by atoms with Crippen LogP contribution in [0.5, 0.6) is 0 Å². The summed E-state index contributed by atoms with van der Waals surface area (Å²) < 4.78 is 0.558. The third kappa shape index (κ3) is 2.67. The Morgan fingerprint density at radius 2 is 1.82 bits per heavy atom. The standard InChI is InChI=1S/C11H16BrClS4/c12-6-10-9-2-7-1-8(3-9)5-11(10,4-7)14-16-17-15-13/h7-10H,1-6H2. The molecule has 0 heterocycles. The Labute approximate surface area is 132 Å². The zero-order valence-electron chi connectivity index (χ0n) is 9.44. The van der Waals surface area contributed by atoms with E-state index in [0.717, 1.165) is 23.7 Å². The Morgan fingerprint density at radius 3 is 2.41 bits per heavy atom. The molecule has 4 bridgehead atoms. The summed E-state index contributed by atoms with van der Waals surface area (Å²) in [6, 6.07) is 0. The fraction of sp³-hybridized carbons (Fsp3) is 1.00. The summed E-state index contributed by atoms with van der Waals surface area (Å²) in [7, 11) is 12.8. The zero-order chi connectivity index (χ0) is 11.9. The van der Waals surface area contributed by atoms with Crippen LogP contribution in [0.25, 0.3) is 0 Å². The highest BCUT2D eigenvalue weighted by atomic mass is 79.9. The lowest BCUT2D eigenvalue weighted by molar-refractivity contribution is -0.00506. The summed E-state index contributed by atoms with van der Waals surface area (Å²) in [5.41, 5.74) is 0. The van der Waals surface area contributed by atoms with Crippen LogP contribution in [0.4, 0.5) is 0 Å². The van der Waals surface area contributed by atoms with Gasteiger partial charge < -0.3 is 0 Å². The molecule has 0 N–H and O–H groups in total. The first kappa shape index (κ1) is 14.1. The average molecular weight is 392 g/mol. The molecule has 4 fully saturated rings. The molecule has 3 atom stereocenters. The van der Waals surface area contributed by atoms with E-state index in [1.54, 1.807) is 9.83 Å². The van der Waals surface area contributed by atoms with E-state index in [1.165, 1.54) is 47.4 Å². The smallest absolute Gasteiger partial charge is 0.0316 e. The number of alkyl halides is 1. The summed E-state index contributed by atoms with van der Waals surface area (Å²) in [5, 5.41) is 1.20. The van der Waals surface area contributed by atoms with Crippen LogP contribution in [0.15, 0.2) is 0 Å². The maximum atomic E-state index is 5.69. The minimum Gasteiger partial charge on any atom is -0.0924 e. The molecular formula is C11H16BrClS4. The van der Waals surface area contributed by atoms with Crippen molar-refractivity contribution >= 4 is 67.1 Å². The Balaban J connectivity index is 1.75. The van der Waals surface area contributed by atoms with Crippen molar-refractivity contribution in [2.45, 2.75) is 36.9 Å². The van der Waals surface area contributed by atoms with E-state index in [2.05, 4.69) is 26.7 Å². The van der Waals surface area contributed by atoms with Crippen LogP contribution in [0.1, 0.15) is 32.1 Å². The van der Waals surface area contributed by atoms with Crippen LogP contribution >= 0.6 is 67.1 Å². The highest BCUT2D eigenvalue weighted by molar-refractivity contribution is 9.28. The quantitative estimate of drug-likeness (QED) is 0.301. The second kappa shape index (κ2) is 5.88. The van der Waals surface area contributed by atoms with Gasteiger partial charge in [0.05, 0.1) is 0 Å². The molecule has 3 unspecified atom stereocenters. The molecule has 0 radical (unpaired) electrons. The summed E-state index contributed by atoms with van der Waals surface area (Å²) in [6.45, 7) is 0. The summed E-state index contributed by atoms with van der Waals surface area (Å²) in [4.78, 5) is 0. The fourth-order valence-corrected chi connectivity index (χ4v) is 13.1. The number of rotatable bonds is 5. The first-order valence-corrected chi connectivity index (χ1v) is 12.9. The summed E-state index contributed by atoms with van der Waals surface area (Å²) in [6.07, 6.45) is 7.47. The highest BCUT2D eigenvalue weighted by Gasteiger charge is 2.57. The van der Waals surface area contributed by atoms with Crippen molar-refractivity contribution in [2.24, 2.45) is 23.7 Å². The lowest BCUT2D eigenvalue weighted by Gasteiger charge is -2.60. The molecule has 6 heteroatoms. The van der Waals surface area contributed by atoms with E-state index >= 15 is 0 Å². The molecule has 0 nitrogen and oxygen atoms in total. The summed E-state index contributed by atoms with van der Waals surface area (Å²) in [5.74, 6) is 3.96. The predicted molar refractivity (Wildman–Crippen MR) is 89.8 cm³/mol. The minimum absolute atomic E-state index is 0.558. The molecular weight excluding hydrogens is 376 g/mol. The molecule has 0 saturated heterocycles. The van der Waals surface area contributed by atoms with Gasteiger partial charge in [-0.1, -0.05) is 26.7 Å². The van der Waals surface area contributed by atoms with Crippen LogP contribution in [-0.4, -0.2) is 10.1 Å². The Bertz CT molecular complexity index is 277. The monoisotopic (exact) mass is 390 g/mol.